The van der Waals surface area contributed by atoms with E-state index in [1.165, 1.54) is 105 Å². The standard InChI is InChI=1S/C60H41N/c1-59(2)49-27-11-7-24-45(49)48-37-40(34-35-50(48)59)61(56-36-33-39-18-4-6-21-42(39)57(56)46-26-15-19-38-17-3-5-20-41(38)46)55-32-16-31-54-58(55)47-25-10-14-30-53(47)60(54)51-28-12-8-22-43(51)44-23-9-13-29-52(44)60/h3-37H,1-2H3. The molecule has 0 radical (unpaired) electrons. The quantitative estimate of drug-likeness (QED) is 0.172. The normalized spacial score (nSPS) is 14.3. The predicted molar refractivity (Wildman–Crippen MR) is 255 cm³/mol. The van der Waals surface area contributed by atoms with Crippen molar-refractivity contribution < 1.29 is 0 Å². The first-order valence-corrected chi connectivity index (χ1v) is 21.5. The summed E-state index contributed by atoms with van der Waals surface area (Å²) in [4.78, 5) is 2.60. The molecule has 10 aromatic rings. The van der Waals surface area contributed by atoms with Crippen LogP contribution in [-0.2, 0) is 10.8 Å². The summed E-state index contributed by atoms with van der Waals surface area (Å²) in [5.74, 6) is 0. The fourth-order valence-corrected chi connectivity index (χ4v) is 11.7. The maximum absolute atomic E-state index is 2.60. The summed E-state index contributed by atoms with van der Waals surface area (Å²) >= 11 is 0. The molecule has 0 saturated carbocycles. The molecule has 286 valence electrons. The van der Waals surface area contributed by atoms with Crippen LogP contribution in [0.3, 0.4) is 0 Å². The molecule has 3 aliphatic rings. The summed E-state index contributed by atoms with van der Waals surface area (Å²) in [7, 11) is 0. The molecule has 0 aromatic heterocycles. The lowest BCUT2D eigenvalue weighted by Crippen LogP contribution is -2.26. The van der Waals surface area contributed by atoms with Crippen LogP contribution in [-0.4, -0.2) is 0 Å². The van der Waals surface area contributed by atoms with E-state index in [0.29, 0.717) is 0 Å². The number of anilines is 3. The average molecular weight is 776 g/mol. The second-order valence-electron chi connectivity index (χ2n) is 17.5. The molecular formula is C60H41N. The first-order chi connectivity index (χ1) is 30.0. The Labute approximate surface area is 356 Å². The van der Waals surface area contributed by atoms with E-state index < -0.39 is 5.41 Å². The van der Waals surface area contributed by atoms with E-state index in [-0.39, 0.29) is 5.41 Å². The van der Waals surface area contributed by atoms with Crippen LogP contribution in [0.1, 0.15) is 47.2 Å². The van der Waals surface area contributed by atoms with Gasteiger partial charge in [0.05, 0.1) is 16.8 Å². The van der Waals surface area contributed by atoms with Gasteiger partial charge in [0.25, 0.3) is 0 Å². The first kappa shape index (κ1) is 34.4. The van der Waals surface area contributed by atoms with E-state index >= 15 is 0 Å². The molecule has 3 aliphatic carbocycles. The van der Waals surface area contributed by atoms with E-state index in [2.05, 4.69) is 231 Å². The Bertz CT molecular complexity index is 3420. The minimum Gasteiger partial charge on any atom is -0.309 e. The van der Waals surface area contributed by atoms with Gasteiger partial charge in [-0.05, 0) is 113 Å². The number of nitrogens with zero attached hydrogens (tertiary/aromatic N) is 1. The molecule has 0 heterocycles. The van der Waals surface area contributed by atoms with Gasteiger partial charge in [0.2, 0.25) is 0 Å². The van der Waals surface area contributed by atoms with Gasteiger partial charge in [0.15, 0.2) is 0 Å². The van der Waals surface area contributed by atoms with E-state index in [9.17, 15) is 0 Å². The molecule has 0 fully saturated rings. The number of fused-ring (bicyclic) bond motifs is 15. The van der Waals surface area contributed by atoms with Crippen LogP contribution in [0.4, 0.5) is 17.1 Å². The van der Waals surface area contributed by atoms with Gasteiger partial charge in [-0.25, -0.2) is 0 Å². The number of hydrogen-bond acceptors (Lipinski definition) is 1. The van der Waals surface area contributed by atoms with E-state index in [4.69, 9.17) is 0 Å². The van der Waals surface area contributed by atoms with Crippen LogP contribution in [0, 0.1) is 0 Å². The SMILES string of the molecule is CC1(C)c2ccccc2-c2cc(N(c3cccc4c3-c3ccccc3C43c4ccccc4-c4ccccc43)c3ccc4ccccc4c3-c3cccc4ccccc34)ccc21. The summed E-state index contributed by atoms with van der Waals surface area (Å²) in [5, 5.41) is 4.93. The fraction of sp³-hybridized carbons (Fsp3) is 0.0667. The highest BCUT2D eigenvalue weighted by Gasteiger charge is 2.52. The van der Waals surface area contributed by atoms with E-state index in [0.717, 1.165) is 11.4 Å². The third kappa shape index (κ3) is 4.50. The van der Waals surface area contributed by atoms with Gasteiger partial charge < -0.3 is 4.90 Å². The number of hydrogen-bond donors (Lipinski definition) is 0. The van der Waals surface area contributed by atoms with Crippen molar-refractivity contribution in [3.63, 3.8) is 0 Å². The molecule has 0 atom stereocenters. The molecule has 0 saturated heterocycles. The number of rotatable bonds is 4. The molecule has 0 unspecified atom stereocenters. The molecule has 0 N–H and O–H groups in total. The van der Waals surface area contributed by atoms with Crippen molar-refractivity contribution in [1.29, 1.82) is 0 Å². The Balaban J connectivity index is 1.17. The lowest BCUT2D eigenvalue weighted by Gasteiger charge is -2.33. The molecule has 10 aromatic carbocycles. The molecule has 1 spiro atoms. The van der Waals surface area contributed by atoms with Gasteiger partial charge in [-0.2, -0.15) is 0 Å². The molecule has 1 heteroatoms. The van der Waals surface area contributed by atoms with Gasteiger partial charge >= 0.3 is 0 Å². The van der Waals surface area contributed by atoms with Crippen molar-refractivity contribution in [3.05, 3.63) is 246 Å². The third-order valence-electron chi connectivity index (χ3n) is 14.3. The highest BCUT2D eigenvalue weighted by molar-refractivity contribution is 6.13. The van der Waals surface area contributed by atoms with Crippen molar-refractivity contribution in [1.82, 2.24) is 0 Å². The Morgan fingerprint density at radius 1 is 0.311 bits per heavy atom. The summed E-state index contributed by atoms with van der Waals surface area (Å²) in [6.07, 6.45) is 0. The van der Waals surface area contributed by atoms with Crippen molar-refractivity contribution in [3.8, 4) is 44.5 Å². The minimum atomic E-state index is -0.455. The Morgan fingerprint density at radius 3 is 1.51 bits per heavy atom. The second kappa shape index (κ2) is 12.5. The molecule has 1 nitrogen and oxygen atoms in total. The third-order valence-corrected chi connectivity index (χ3v) is 14.3. The maximum Gasteiger partial charge on any atom is 0.0726 e. The summed E-state index contributed by atoms with van der Waals surface area (Å²) < 4.78 is 0. The molecular weight excluding hydrogens is 735 g/mol. The molecule has 61 heavy (non-hydrogen) atoms. The fourth-order valence-electron chi connectivity index (χ4n) is 11.7. The first-order valence-electron chi connectivity index (χ1n) is 21.5. The topological polar surface area (TPSA) is 3.24 Å². The highest BCUT2D eigenvalue weighted by atomic mass is 15.1. The van der Waals surface area contributed by atoms with Crippen LogP contribution < -0.4 is 4.90 Å². The Hall–Kier alpha value is -7.48. The second-order valence-corrected chi connectivity index (χ2v) is 17.5. The van der Waals surface area contributed by atoms with Gasteiger partial charge in [0, 0.05) is 22.2 Å². The van der Waals surface area contributed by atoms with Crippen molar-refractivity contribution in [2.45, 2.75) is 24.7 Å². The summed E-state index contributed by atoms with van der Waals surface area (Å²) in [6.45, 7) is 4.74. The Kier molecular flexibility index (Phi) is 7.06. The smallest absolute Gasteiger partial charge is 0.0726 e. The minimum absolute atomic E-state index is 0.102. The number of benzene rings is 10. The maximum atomic E-state index is 2.60. The Morgan fingerprint density at radius 2 is 0.787 bits per heavy atom. The largest absolute Gasteiger partial charge is 0.309 e. The van der Waals surface area contributed by atoms with Gasteiger partial charge in [-0.15, -0.1) is 0 Å². The zero-order valence-electron chi connectivity index (χ0n) is 34.2. The van der Waals surface area contributed by atoms with Gasteiger partial charge in [-0.3, -0.25) is 0 Å². The monoisotopic (exact) mass is 775 g/mol. The molecule has 0 amide bonds. The lowest BCUT2D eigenvalue weighted by molar-refractivity contribution is 0.660. The lowest BCUT2D eigenvalue weighted by atomic mass is 9.70. The molecule has 0 bridgehead atoms. The highest BCUT2D eigenvalue weighted by Crippen LogP contribution is 2.65. The van der Waals surface area contributed by atoms with Gasteiger partial charge in [-0.1, -0.05) is 202 Å². The summed E-state index contributed by atoms with van der Waals surface area (Å²) in [5.41, 5.74) is 21.3. The zero-order valence-corrected chi connectivity index (χ0v) is 34.2. The van der Waals surface area contributed by atoms with E-state index in [1.54, 1.807) is 0 Å². The average Bonchev–Trinajstić information content (AvgIpc) is 3.88. The van der Waals surface area contributed by atoms with Crippen LogP contribution in [0.25, 0.3) is 66.1 Å². The molecule has 0 aliphatic heterocycles. The van der Waals surface area contributed by atoms with Crippen LogP contribution in [0.15, 0.2) is 212 Å². The van der Waals surface area contributed by atoms with Crippen LogP contribution in [0.2, 0.25) is 0 Å². The summed E-state index contributed by atoms with van der Waals surface area (Å²) in [6, 6.07) is 79.9. The van der Waals surface area contributed by atoms with Crippen LogP contribution in [0.5, 0.6) is 0 Å². The zero-order chi connectivity index (χ0) is 40.5. The molecule has 13 rings (SSSR count). The van der Waals surface area contributed by atoms with E-state index in [1.807, 2.05) is 0 Å². The predicted octanol–water partition coefficient (Wildman–Crippen LogP) is 15.8. The van der Waals surface area contributed by atoms with Crippen molar-refractivity contribution in [2.24, 2.45) is 0 Å². The van der Waals surface area contributed by atoms with Crippen molar-refractivity contribution in [2.75, 3.05) is 4.90 Å². The van der Waals surface area contributed by atoms with Gasteiger partial charge in [0.1, 0.15) is 0 Å². The van der Waals surface area contributed by atoms with Crippen LogP contribution >= 0.6 is 0 Å². The van der Waals surface area contributed by atoms with Crippen molar-refractivity contribution >= 4 is 38.6 Å².